The number of hydrogen-bond donors (Lipinski definition) is 1. The number of ether oxygens (including phenoxy) is 1. The second-order valence-corrected chi connectivity index (χ2v) is 7.58. The Labute approximate surface area is 106 Å². The average molecular weight is 240 g/mol. The van der Waals surface area contributed by atoms with Crippen LogP contribution in [0.15, 0.2) is 0 Å². The second kappa shape index (κ2) is 3.96. The first-order valence-corrected chi connectivity index (χ1v) is 7.05. The van der Waals surface area contributed by atoms with E-state index in [1.807, 2.05) is 6.92 Å². The van der Waals surface area contributed by atoms with Gasteiger partial charge in [-0.2, -0.15) is 0 Å². The van der Waals surface area contributed by atoms with Crippen LogP contribution in [-0.4, -0.2) is 21.9 Å². The number of aliphatic hydroxyl groups is 1. The first-order chi connectivity index (χ1) is 7.62. The van der Waals surface area contributed by atoms with Gasteiger partial charge in [-0.3, -0.25) is 0 Å². The predicted octanol–water partition coefficient (Wildman–Crippen LogP) is 3.52. The summed E-state index contributed by atoms with van der Waals surface area (Å²) in [7, 11) is 0. The van der Waals surface area contributed by atoms with Gasteiger partial charge in [-0.15, -0.1) is 0 Å². The van der Waals surface area contributed by atoms with Crippen molar-refractivity contribution in [2.24, 2.45) is 11.8 Å². The van der Waals surface area contributed by atoms with E-state index in [1.54, 1.807) is 0 Å². The summed E-state index contributed by atoms with van der Waals surface area (Å²) in [5, 5.41) is 10.8. The smallest absolute Gasteiger partial charge is 0.0690 e. The molecule has 2 atom stereocenters. The van der Waals surface area contributed by atoms with E-state index in [-0.39, 0.29) is 17.1 Å². The van der Waals surface area contributed by atoms with Crippen molar-refractivity contribution in [3.05, 3.63) is 0 Å². The lowest BCUT2D eigenvalue weighted by molar-refractivity contribution is -0.116. The molecule has 1 saturated carbocycles. The molecule has 0 spiro atoms. The van der Waals surface area contributed by atoms with E-state index >= 15 is 0 Å². The van der Waals surface area contributed by atoms with Gasteiger partial charge in [0.2, 0.25) is 0 Å². The van der Waals surface area contributed by atoms with Crippen LogP contribution >= 0.6 is 0 Å². The third-order valence-electron chi connectivity index (χ3n) is 4.75. The van der Waals surface area contributed by atoms with Crippen molar-refractivity contribution >= 4 is 0 Å². The molecule has 0 aromatic carbocycles. The molecule has 2 fully saturated rings. The molecule has 0 radical (unpaired) electrons. The van der Waals surface area contributed by atoms with Gasteiger partial charge >= 0.3 is 0 Å². The molecule has 2 aliphatic rings. The third-order valence-corrected chi connectivity index (χ3v) is 4.75. The van der Waals surface area contributed by atoms with Crippen LogP contribution in [0.4, 0.5) is 0 Å². The summed E-state index contributed by atoms with van der Waals surface area (Å²) in [5.41, 5.74) is -0.892. The summed E-state index contributed by atoms with van der Waals surface area (Å²) >= 11 is 0. The molecule has 0 bridgehead atoms. The van der Waals surface area contributed by atoms with Gasteiger partial charge in [-0.05, 0) is 53.4 Å². The Morgan fingerprint density at radius 1 is 1.24 bits per heavy atom. The van der Waals surface area contributed by atoms with Gasteiger partial charge < -0.3 is 9.84 Å². The van der Waals surface area contributed by atoms with E-state index < -0.39 is 5.60 Å². The fraction of sp³-hybridized carbons (Fsp3) is 1.00. The topological polar surface area (TPSA) is 29.5 Å². The highest BCUT2D eigenvalue weighted by atomic mass is 16.5. The zero-order valence-corrected chi connectivity index (χ0v) is 12.0. The standard InChI is InChI=1S/C15H28O2/c1-13(2)10-12(14(3,4)17-13)15(5,16)9-11-7-6-8-11/h11-12,16H,6-10H2,1-5H3. The summed E-state index contributed by atoms with van der Waals surface area (Å²) in [5.74, 6) is 0.982. The molecule has 17 heavy (non-hydrogen) atoms. The van der Waals surface area contributed by atoms with Crippen molar-refractivity contribution < 1.29 is 9.84 Å². The summed E-state index contributed by atoms with van der Waals surface area (Å²) < 4.78 is 6.11. The fourth-order valence-corrected chi connectivity index (χ4v) is 3.95. The molecule has 1 aliphatic carbocycles. The Bertz CT molecular complexity index is 287. The van der Waals surface area contributed by atoms with Crippen LogP contribution in [-0.2, 0) is 4.74 Å². The lowest BCUT2D eigenvalue weighted by Gasteiger charge is -2.41. The Morgan fingerprint density at radius 3 is 2.18 bits per heavy atom. The summed E-state index contributed by atoms with van der Waals surface area (Å²) in [4.78, 5) is 0. The van der Waals surface area contributed by atoms with E-state index in [2.05, 4.69) is 27.7 Å². The highest BCUT2D eigenvalue weighted by Crippen LogP contribution is 2.49. The average Bonchev–Trinajstić information content (AvgIpc) is 2.28. The Kier molecular flexibility index (Phi) is 3.11. The van der Waals surface area contributed by atoms with E-state index in [0.717, 1.165) is 18.8 Å². The van der Waals surface area contributed by atoms with Gasteiger partial charge in [-0.25, -0.2) is 0 Å². The maximum Gasteiger partial charge on any atom is 0.0690 e. The molecule has 1 N–H and O–H groups in total. The minimum absolute atomic E-state index is 0.0994. The van der Waals surface area contributed by atoms with Gasteiger partial charge in [0.15, 0.2) is 0 Å². The van der Waals surface area contributed by atoms with Crippen LogP contribution < -0.4 is 0 Å². The van der Waals surface area contributed by atoms with Gasteiger partial charge in [0.05, 0.1) is 16.8 Å². The predicted molar refractivity (Wildman–Crippen MR) is 69.9 cm³/mol. The van der Waals surface area contributed by atoms with Crippen LogP contribution in [0.5, 0.6) is 0 Å². The van der Waals surface area contributed by atoms with Crippen molar-refractivity contribution in [3.63, 3.8) is 0 Å². The van der Waals surface area contributed by atoms with Crippen LogP contribution in [0.25, 0.3) is 0 Å². The minimum Gasteiger partial charge on any atom is -0.390 e. The monoisotopic (exact) mass is 240 g/mol. The van der Waals surface area contributed by atoms with Crippen molar-refractivity contribution in [1.29, 1.82) is 0 Å². The molecular weight excluding hydrogens is 212 g/mol. The Balaban J connectivity index is 2.09. The molecular formula is C15H28O2. The third kappa shape index (κ3) is 2.68. The highest BCUT2D eigenvalue weighted by Gasteiger charge is 2.53. The van der Waals surface area contributed by atoms with E-state index in [4.69, 9.17) is 4.74 Å². The Morgan fingerprint density at radius 2 is 1.82 bits per heavy atom. The zero-order valence-electron chi connectivity index (χ0n) is 12.0. The SMILES string of the molecule is CC1(C)CC(C(C)(O)CC2CCC2)C(C)(C)O1. The quantitative estimate of drug-likeness (QED) is 0.818. The second-order valence-electron chi connectivity index (χ2n) is 7.58. The summed E-state index contributed by atoms with van der Waals surface area (Å²) in [6, 6.07) is 0. The van der Waals surface area contributed by atoms with Crippen molar-refractivity contribution in [2.45, 2.75) is 83.5 Å². The van der Waals surface area contributed by atoms with E-state index in [9.17, 15) is 5.11 Å². The normalized spacial score (nSPS) is 35.3. The summed E-state index contributed by atoms with van der Waals surface area (Å²) in [6.45, 7) is 10.5. The van der Waals surface area contributed by atoms with E-state index in [0.29, 0.717) is 0 Å². The zero-order chi connectivity index (χ0) is 12.9. The molecule has 100 valence electrons. The lowest BCUT2D eigenvalue weighted by Crippen LogP contribution is -2.46. The lowest BCUT2D eigenvalue weighted by atomic mass is 9.68. The van der Waals surface area contributed by atoms with Crippen LogP contribution in [0.3, 0.4) is 0 Å². The molecule has 2 rings (SSSR count). The maximum atomic E-state index is 10.8. The van der Waals surface area contributed by atoms with Gasteiger partial charge in [-0.1, -0.05) is 19.3 Å². The van der Waals surface area contributed by atoms with Gasteiger partial charge in [0, 0.05) is 5.92 Å². The Hall–Kier alpha value is -0.0800. The van der Waals surface area contributed by atoms with Crippen LogP contribution in [0.1, 0.15) is 66.7 Å². The molecule has 0 aromatic rings. The van der Waals surface area contributed by atoms with Crippen molar-refractivity contribution in [2.75, 3.05) is 0 Å². The van der Waals surface area contributed by atoms with E-state index in [1.165, 1.54) is 19.3 Å². The largest absolute Gasteiger partial charge is 0.390 e. The molecule has 1 aliphatic heterocycles. The van der Waals surface area contributed by atoms with Gasteiger partial charge in [0.1, 0.15) is 0 Å². The van der Waals surface area contributed by atoms with Gasteiger partial charge in [0.25, 0.3) is 0 Å². The molecule has 2 heteroatoms. The van der Waals surface area contributed by atoms with Crippen LogP contribution in [0.2, 0.25) is 0 Å². The number of rotatable bonds is 3. The molecule has 1 saturated heterocycles. The highest BCUT2D eigenvalue weighted by molar-refractivity contribution is 5.03. The molecule has 1 heterocycles. The summed E-state index contributed by atoms with van der Waals surface area (Å²) in [6.07, 6.45) is 5.85. The molecule has 0 aromatic heterocycles. The van der Waals surface area contributed by atoms with Crippen LogP contribution in [0, 0.1) is 11.8 Å². The first kappa shape index (κ1) is 13.4. The first-order valence-electron chi connectivity index (χ1n) is 7.05. The molecule has 2 nitrogen and oxygen atoms in total. The maximum absolute atomic E-state index is 10.8. The molecule has 2 unspecified atom stereocenters. The number of hydrogen-bond acceptors (Lipinski definition) is 2. The minimum atomic E-state index is -0.581. The van der Waals surface area contributed by atoms with Crippen molar-refractivity contribution in [1.82, 2.24) is 0 Å². The van der Waals surface area contributed by atoms with Crippen molar-refractivity contribution in [3.8, 4) is 0 Å². The molecule has 0 amide bonds. The fourth-order valence-electron chi connectivity index (χ4n) is 3.95.